The molecule has 110 valence electrons. The van der Waals surface area contributed by atoms with Gasteiger partial charge in [0.05, 0.1) is 0 Å². The second kappa shape index (κ2) is 6.15. The number of hydrogen-bond donors (Lipinski definition) is 1. The molecule has 3 nitrogen and oxygen atoms in total. The van der Waals surface area contributed by atoms with Crippen LogP contribution in [0.5, 0.6) is 0 Å². The SMILES string of the molecule is Cc1csc(SC(C(=O)NC2CC2)c2ccc(F)cc2)n1. The minimum Gasteiger partial charge on any atom is -0.352 e. The number of halogens is 1. The van der Waals surface area contributed by atoms with Crippen molar-refractivity contribution < 1.29 is 9.18 Å². The first-order chi connectivity index (χ1) is 10.1. The zero-order chi connectivity index (χ0) is 14.8. The third-order valence-electron chi connectivity index (χ3n) is 3.15. The summed E-state index contributed by atoms with van der Waals surface area (Å²) in [6.07, 6.45) is 2.09. The van der Waals surface area contributed by atoms with Crippen LogP contribution < -0.4 is 5.32 Å². The first kappa shape index (κ1) is 14.5. The van der Waals surface area contributed by atoms with Gasteiger partial charge in [-0.05, 0) is 37.5 Å². The van der Waals surface area contributed by atoms with Crippen LogP contribution in [0.1, 0.15) is 29.3 Å². The summed E-state index contributed by atoms with van der Waals surface area (Å²) in [5, 5.41) is 4.59. The van der Waals surface area contributed by atoms with Gasteiger partial charge in [-0.1, -0.05) is 23.9 Å². The molecule has 21 heavy (non-hydrogen) atoms. The van der Waals surface area contributed by atoms with Crippen LogP contribution in [0.4, 0.5) is 4.39 Å². The molecule has 0 saturated heterocycles. The van der Waals surface area contributed by atoms with E-state index in [4.69, 9.17) is 0 Å². The van der Waals surface area contributed by atoms with Crippen molar-refractivity contribution in [2.24, 2.45) is 0 Å². The van der Waals surface area contributed by atoms with E-state index in [1.807, 2.05) is 12.3 Å². The number of hydrogen-bond acceptors (Lipinski definition) is 4. The molecule has 0 aliphatic heterocycles. The summed E-state index contributed by atoms with van der Waals surface area (Å²) in [5.74, 6) is -0.322. The molecule has 2 aromatic rings. The zero-order valence-corrected chi connectivity index (χ0v) is 13.1. The second-order valence-electron chi connectivity index (χ2n) is 5.09. The van der Waals surface area contributed by atoms with E-state index in [2.05, 4.69) is 10.3 Å². The first-order valence-corrected chi connectivity index (χ1v) is 8.52. The Balaban J connectivity index is 1.82. The molecule has 1 atom stereocenters. The lowest BCUT2D eigenvalue weighted by atomic mass is 10.1. The van der Waals surface area contributed by atoms with Crippen molar-refractivity contribution >= 4 is 29.0 Å². The summed E-state index contributed by atoms with van der Waals surface area (Å²) >= 11 is 2.94. The minimum atomic E-state index is -0.392. The van der Waals surface area contributed by atoms with Crippen molar-refractivity contribution in [3.63, 3.8) is 0 Å². The lowest BCUT2D eigenvalue weighted by Gasteiger charge is -2.15. The predicted molar refractivity (Wildman–Crippen MR) is 83.0 cm³/mol. The molecule has 1 unspecified atom stereocenters. The van der Waals surface area contributed by atoms with Crippen molar-refractivity contribution in [3.05, 3.63) is 46.7 Å². The number of thioether (sulfide) groups is 1. The van der Waals surface area contributed by atoms with E-state index in [1.54, 1.807) is 12.1 Å². The standard InChI is InChI=1S/C15H15FN2OS2/c1-9-8-20-15(17-9)21-13(14(19)18-12-6-7-12)10-2-4-11(16)5-3-10/h2-5,8,12-13H,6-7H2,1H3,(H,18,19). The monoisotopic (exact) mass is 322 g/mol. The Kier molecular flexibility index (Phi) is 4.26. The fraction of sp³-hybridized carbons (Fsp3) is 0.333. The van der Waals surface area contributed by atoms with Gasteiger partial charge in [-0.15, -0.1) is 11.3 Å². The highest BCUT2D eigenvalue weighted by atomic mass is 32.2. The third kappa shape index (κ3) is 3.83. The molecule has 3 rings (SSSR count). The predicted octanol–water partition coefficient (Wildman–Crippen LogP) is 3.70. The minimum absolute atomic E-state index is 0.0260. The quantitative estimate of drug-likeness (QED) is 0.854. The summed E-state index contributed by atoms with van der Waals surface area (Å²) in [4.78, 5) is 16.8. The van der Waals surface area contributed by atoms with Gasteiger partial charge in [0.2, 0.25) is 5.91 Å². The van der Waals surface area contributed by atoms with E-state index in [0.29, 0.717) is 6.04 Å². The molecule has 0 bridgehead atoms. The second-order valence-corrected chi connectivity index (χ2v) is 7.30. The van der Waals surface area contributed by atoms with Crippen LogP contribution in [0.25, 0.3) is 0 Å². The van der Waals surface area contributed by atoms with E-state index in [-0.39, 0.29) is 11.7 Å². The molecule has 0 spiro atoms. The van der Waals surface area contributed by atoms with Gasteiger partial charge in [0, 0.05) is 17.1 Å². The van der Waals surface area contributed by atoms with Gasteiger partial charge < -0.3 is 5.32 Å². The lowest BCUT2D eigenvalue weighted by molar-refractivity contribution is -0.120. The number of carbonyl (C=O) groups excluding carboxylic acids is 1. The van der Waals surface area contributed by atoms with Crippen LogP contribution in [0, 0.1) is 12.7 Å². The Morgan fingerprint density at radius 2 is 2.14 bits per heavy atom. The fourth-order valence-corrected chi connectivity index (χ4v) is 3.95. The molecule has 6 heteroatoms. The van der Waals surface area contributed by atoms with Crippen LogP contribution in [-0.4, -0.2) is 16.9 Å². The molecular formula is C15H15FN2OS2. The summed E-state index contributed by atoms with van der Waals surface area (Å²) in [6.45, 7) is 1.93. The van der Waals surface area contributed by atoms with E-state index < -0.39 is 5.25 Å². The number of amides is 1. The highest BCUT2D eigenvalue weighted by Crippen LogP contribution is 2.37. The zero-order valence-electron chi connectivity index (χ0n) is 11.5. The summed E-state index contributed by atoms with van der Waals surface area (Å²) < 4.78 is 13.9. The van der Waals surface area contributed by atoms with Gasteiger partial charge in [0.15, 0.2) is 4.34 Å². The Morgan fingerprint density at radius 1 is 1.43 bits per heavy atom. The molecule has 1 N–H and O–H groups in total. The van der Waals surface area contributed by atoms with E-state index in [0.717, 1.165) is 28.4 Å². The van der Waals surface area contributed by atoms with E-state index in [9.17, 15) is 9.18 Å². The maximum atomic E-state index is 13.1. The highest BCUT2D eigenvalue weighted by Gasteiger charge is 2.29. The molecule has 1 saturated carbocycles. The van der Waals surface area contributed by atoms with Crippen LogP contribution in [0.3, 0.4) is 0 Å². The van der Waals surface area contributed by atoms with Crippen LogP contribution in [0.2, 0.25) is 0 Å². The fourth-order valence-electron chi connectivity index (χ4n) is 1.90. The number of rotatable bonds is 5. The number of nitrogens with one attached hydrogen (secondary N) is 1. The average molecular weight is 322 g/mol. The largest absolute Gasteiger partial charge is 0.352 e. The Labute approximate surface area is 131 Å². The topological polar surface area (TPSA) is 42.0 Å². The number of benzene rings is 1. The smallest absolute Gasteiger partial charge is 0.238 e. The highest BCUT2D eigenvalue weighted by molar-refractivity contribution is 8.01. The molecule has 1 aromatic heterocycles. The number of aromatic nitrogens is 1. The number of thiazole rings is 1. The normalized spacial score (nSPS) is 15.7. The maximum Gasteiger partial charge on any atom is 0.238 e. The number of aryl methyl sites for hydroxylation is 1. The van der Waals surface area contributed by atoms with Gasteiger partial charge >= 0.3 is 0 Å². The molecule has 1 amide bonds. The van der Waals surface area contributed by atoms with Crippen molar-refractivity contribution in [3.8, 4) is 0 Å². The molecule has 1 heterocycles. The Hall–Kier alpha value is -1.40. The molecule has 0 radical (unpaired) electrons. The third-order valence-corrected chi connectivity index (χ3v) is 5.50. The molecule has 1 aliphatic rings. The van der Waals surface area contributed by atoms with E-state index >= 15 is 0 Å². The van der Waals surface area contributed by atoms with Crippen molar-refractivity contribution in [1.82, 2.24) is 10.3 Å². The van der Waals surface area contributed by atoms with Gasteiger partial charge in [-0.3, -0.25) is 4.79 Å². The van der Waals surface area contributed by atoms with Gasteiger partial charge in [0.1, 0.15) is 11.1 Å². The van der Waals surface area contributed by atoms with E-state index in [1.165, 1.54) is 35.2 Å². The van der Waals surface area contributed by atoms with Crippen molar-refractivity contribution in [1.29, 1.82) is 0 Å². The first-order valence-electron chi connectivity index (χ1n) is 6.76. The van der Waals surface area contributed by atoms with Crippen molar-refractivity contribution in [2.75, 3.05) is 0 Å². The molecule has 1 aliphatic carbocycles. The summed E-state index contributed by atoms with van der Waals surface area (Å²) in [6, 6.07) is 6.42. The molecular weight excluding hydrogens is 307 g/mol. The lowest BCUT2D eigenvalue weighted by Crippen LogP contribution is -2.29. The Morgan fingerprint density at radius 3 is 2.71 bits per heavy atom. The van der Waals surface area contributed by atoms with Gasteiger partial charge in [0.25, 0.3) is 0 Å². The van der Waals surface area contributed by atoms with Crippen LogP contribution >= 0.6 is 23.1 Å². The summed E-state index contributed by atoms with van der Waals surface area (Å²) in [7, 11) is 0. The van der Waals surface area contributed by atoms with Crippen LogP contribution in [0.15, 0.2) is 34.0 Å². The molecule has 1 aromatic carbocycles. The Bertz CT molecular complexity index is 637. The number of nitrogens with zero attached hydrogens (tertiary/aromatic N) is 1. The van der Waals surface area contributed by atoms with Gasteiger partial charge in [-0.25, -0.2) is 9.37 Å². The average Bonchev–Trinajstić information content (AvgIpc) is 3.18. The van der Waals surface area contributed by atoms with Crippen molar-refractivity contribution in [2.45, 2.75) is 35.4 Å². The number of carbonyl (C=O) groups is 1. The van der Waals surface area contributed by atoms with Gasteiger partial charge in [-0.2, -0.15) is 0 Å². The summed E-state index contributed by atoms with van der Waals surface area (Å²) in [5.41, 5.74) is 1.75. The molecule has 1 fully saturated rings. The maximum absolute atomic E-state index is 13.1. The van der Waals surface area contributed by atoms with Crippen LogP contribution in [-0.2, 0) is 4.79 Å².